The Labute approximate surface area is 136 Å². The molecule has 0 fully saturated rings. The van der Waals surface area contributed by atoms with Crippen LogP contribution < -0.4 is 16.0 Å². The van der Waals surface area contributed by atoms with E-state index in [1.807, 2.05) is 18.2 Å². The van der Waals surface area contributed by atoms with Gasteiger partial charge in [-0.1, -0.05) is 29.8 Å². The largest absolute Gasteiger partial charge is 0.496 e. The lowest BCUT2D eigenvalue weighted by atomic mass is 9.99. The van der Waals surface area contributed by atoms with Gasteiger partial charge in [-0.15, -0.1) is 0 Å². The summed E-state index contributed by atoms with van der Waals surface area (Å²) in [5.41, 5.74) is 4.14. The van der Waals surface area contributed by atoms with Crippen molar-refractivity contribution in [3.63, 3.8) is 0 Å². The van der Waals surface area contributed by atoms with Gasteiger partial charge in [0, 0.05) is 0 Å². The minimum atomic E-state index is -0.410. The Morgan fingerprint density at radius 3 is 2.76 bits per heavy atom. The van der Waals surface area contributed by atoms with E-state index in [1.165, 1.54) is 6.07 Å². The van der Waals surface area contributed by atoms with Crippen LogP contribution in [0.2, 0.25) is 5.02 Å². The summed E-state index contributed by atoms with van der Waals surface area (Å²) >= 11 is 9.23. The van der Waals surface area contributed by atoms with E-state index in [0.717, 1.165) is 15.8 Å². The standard InChI is InChI=1S/C15H15BrClFN2O/c1-21-14-6-5-9(7-11(14)16)13(20-19)8-10-3-2-4-12(17)15(10)18/h2-7,13,20H,8,19H2,1H3. The predicted molar refractivity (Wildman–Crippen MR) is 85.9 cm³/mol. The second-order valence-corrected chi connectivity index (χ2v) is 5.79. The summed E-state index contributed by atoms with van der Waals surface area (Å²) in [5, 5.41) is 0.110. The molecule has 3 nitrogen and oxygen atoms in total. The van der Waals surface area contributed by atoms with Crippen molar-refractivity contribution in [2.75, 3.05) is 7.11 Å². The van der Waals surface area contributed by atoms with E-state index in [-0.39, 0.29) is 11.1 Å². The lowest BCUT2D eigenvalue weighted by Gasteiger charge is -2.18. The predicted octanol–water partition coefficient (Wildman–Crippen LogP) is 4.00. The van der Waals surface area contributed by atoms with Crippen molar-refractivity contribution in [1.82, 2.24) is 5.43 Å². The highest BCUT2D eigenvalue weighted by atomic mass is 79.9. The molecule has 0 saturated carbocycles. The van der Waals surface area contributed by atoms with Crippen molar-refractivity contribution in [3.05, 3.63) is 62.8 Å². The number of methoxy groups -OCH3 is 1. The van der Waals surface area contributed by atoms with E-state index >= 15 is 0 Å². The fraction of sp³-hybridized carbons (Fsp3) is 0.200. The first kappa shape index (κ1) is 16.2. The third kappa shape index (κ3) is 3.74. The van der Waals surface area contributed by atoms with Crippen LogP contribution in [0.4, 0.5) is 4.39 Å². The topological polar surface area (TPSA) is 47.3 Å². The average Bonchev–Trinajstić information content (AvgIpc) is 2.48. The maximum absolute atomic E-state index is 14.0. The molecule has 2 aromatic carbocycles. The highest BCUT2D eigenvalue weighted by molar-refractivity contribution is 9.10. The molecule has 3 N–H and O–H groups in total. The molecular weight excluding hydrogens is 359 g/mol. The van der Waals surface area contributed by atoms with Crippen LogP contribution in [0.15, 0.2) is 40.9 Å². The zero-order chi connectivity index (χ0) is 15.4. The number of rotatable bonds is 5. The Balaban J connectivity index is 2.28. The van der Waals surface area contributed by atoms with Crippen LogP contribution in [0.25, 0.3) is 0 Å². The monoisotopic (exact) mass is 372 g/mol. The van der Waals surface area contributed by atoms with Gasteiger partial charge in [0.2, 0.25) is 0 Å². The molecule has 2 rings (SSSR count). The molecule has 21 heavy (non-hydrogen) atoms. The Kier molecular flexibility index (Phi) is 5.58. The third-order valence-corrected chi connectivity index (χ3v) is 4.15. The van der Waals surface area contributed by atoms with Crippen molar-refractivity contribution in [2.24, 2.45) is 5.84 Å². The van der Waals surface area contributed by atoms with Crippen LogP contribution >= 0.6 is 27.5 Å². The number of ether oxygens (including phenoxy) is 1. The van der Waals surface area contributed by atoms with Gasteiger partial charge >= 0.3 is 0 Å². The van der Waals surface area contributed by atoms with Crippen LogP contribution in [0.3, 0.4) is 0 Å². The van der Waals surface area contributed by atoms with Gasteiger partial charge in [0.1, 0.15) is 11.6 Å². The minimum Gasteiger partial charge on any atom is -0.496 e. The first-order valence-electron chi connectivity index (χ1n) is 6.29. The molecule has 6 heteroatoms. The molecule has 1 atom stereocenters. The molecule has 0 aliphatic carbocycles. The quantitative estimate of drug-likeness (QED) is 0.615. The average molecular weight is 374 g/mol. The summed E-state index contributed by atoms with van der Waals surface area (Å²) in [6, 6.07) is 10.3. The first-order chi connectivity index (χ1) is 10.1. The van der Waals surface area contributed by atoms with Crippen molar-refractivity contribution in [2.45, 2.75) is 12.5 Å². The van der Waals surface area contributed by atoms with Gasteiger partial charge in [-0.25, -0.2) is 4.39 Å². The molecule has 0 aliphatic heterocycles. The summed E-state index contributed by atoms with van der Waals surface area (Å²) in [6.45, 7) is 0. The van der Waals surface area contributed by atoms with Crippen LogP contribution in [-0.2, 0) is 6.42 Å². The Hall–Kier alpha value is -1.14. The van der Waals surface area contributed by atoms with Crippen molar-refractivity contribution >= 4 is 27.5 Å². The van der Waals surface area contributed by atoms with Gasteiger partial charge < -0.3 is 4.74 Å². The highest BCUT2D eigenvalue weighted by Gasteiger charge is 2.16. The molecule has 1 unspecified atom stereocenters. The molecule has 0 spiro atoms. The summed E-state index contributed by atoms with van der Waals surface area (Å²) in [6.07, 6.45) is 0.391. The van der Waals surface area contributed by atoms with Crippen LogP contribution in [0.1, 0.15) is 17.2 Å². The fourth-order valence-corrected chi connectivity index (χ4v) is 2.85. The van der Waals surface area contributed by atoms with E-state index < -0.39 is 5.82 Å². The molecule has 0 saturated heterocycles. The molecule has 0 amide bonds. The summed E-state index contributed by atoms with van der Waals surface area (Å²) in [4.78, 5) is 0. The van der Waals surface area contributed by atoms with E-state index in [0.29, 0.717) is 12.0 Å². The minimum absolute atomic E-state index is 0.110. The highest BCUT2D eigenvalue weighted by Crippen LogP contribution is 2.30. The van der Waals surface area contributed by atoms with Gasteiger partial charge in [-0.05, 0) is 51.7 Å². The van der Waals surface area contributed by atoms with Crippen LogP contribution in [0, 0.1) is 5.82 Å². The van der Waals surface area contributed by atoms with Gasteiger partial charge in [-0.3, -0.25) is 11.3 Å². The first-order valence-corrected chi connectivity index (χ1v) is 7.46. The molecular formula is C15H15BrClFN2O. The van der Waals surface area contributed by atoms with E-state index in [4.69, 9.17) is 22.2 Å². The Bertz CT molecular complexity index is 639. The second-order valence-electron chi connectivity index (χ2n) is 4.53. The van der Waals surface area contributed by atoms with Crippen LogP contribution in [-0.4, -0.2) is 7.11 Å². The number of hydrogen-bond donors (Lipinski definition) is 2. The molecule has 0 aliphatic rings. The smallest absolute Gasteiger partial charge is 0.145 e. The number of nitrogens with two attached hydrogens (primary N) is 1. The lowest BCUT2D eigenvalue weighted by molar-refractivity contribution is 0.411. The van der Waals surface area contributed by atoms with Gasteiger partial charge in [-0.2, -0.15) is 0 Å². The Morgan fingerprint density at radius 1 is 1.38 bits per heavy atom. The third-order valence-electron chi connectivity index (χ3n) is 3.24. The number of halogens is 3. The summed E-state index contributed by atoms with van der Waals surface area (Å²) in [5.74, 6) is 5.92. The normalized spacial score (nSPS) is 12.2. The molecule has 0 aromatic heterocycles. The number of benzene rings is 2. The number of hydrogen-bond acceptors (Lipinski definition) is 3. The van der Waals surface area contributed by atoms with Crippen molar-refractivity contribution < 1.29 is 9.13 Å². The maximum atomic E-state index is 14.0. The van der Waals surface area contributed by atoms with Gasteiger partial charge in [0.25, 0.3) is 0 Å². The SMILES string of the molecule is COc1ccc(C(Cc2cccc(Cl)c2F)NN)cc1Br. The molecule has 112 valence electrons. The summed E-state index contributed by atoms with van der Waals surface area (Å²) < 4.78 is 20.0. The summed E-state index contributed by atoms with van der Waals surface area (Å²) in [7, 11) is 1.60. The van der Waals surface area contributed by atoms with Gasteiger partial charge in [0.05, 0.1) is 22.6 Å². The Morgan fingerprint density at radius 2 is 2.14 bits per heavy atom. The van der Waals surface area contributed by atoms with E-state index in [9.17, 15) is 4.39 Å². The number of nitrogens with one attached hydrogen (secondary N) is 1. The van der Waals surface area contributed by atoms with Crippen LogP contribution in [0.5, 0.6) is 5.75 Å². The molecule has 0 bridgehead atoms. The fourth-order valence-electron chi connectivity index (χ4n) is 2.10. The molecule has 2 aromatic rings. The molecule has 0 heterocycles. The van der Waals surface area contributed by atoms with Crippen molar-refractivity contribution in [3.8, 4) is 5.75 Å². The molecule has 0 radical (unpaired) electrons. The maximum Gasteiger partial charge on any atom is 0.145 e. The van der Waals surface area contributed by atoms with Crippen molar-refractivity contribution in [1.29, 1.82) is 0 Å². The lowest BCUT2D eigenvalue weighted by Crippen LogP contribution is -2.29. The van der Waals surface area contributed by atoms with E-state index in [2.05, 4.69) is 21.4 Å². The van der Waals surface area contributed by atoms with Gasteiger partial charge in [0.15, 0.2) is 0 Å². The second kappa shape index (κ2) is 7.22. The van der Waals surface area contributed by atoms with E-state index in [1.54, 1.807) is 19.2 Å². The zero-order valence-corrected chi connectivity index (χ0v) is 13.7. The zero-order valence-electron chi connectivity index (χ0n) is 11.4. The number of hydrazine groups is 1.